The van der Waals surface area contributed by atoms with E-state index in [1.807, 2.05) is 24.1 Å². The minimum Gasteiger partial charge on any atom is -0.338 e. The molecule has 4 rings (SSSR count). The van der Waals surface area contributed by atoms with E-state index in [1.165, 1.54) is 11.3 Å². The summed E-state index contributed by atoms with van der Waals surface area (Å²) in [5.41, 5.74) is 2.85. The SMILES string of the molecule is Cc1nc(-c2cn(C(C)C)c3ncccc23)sc1C(=O)N1CCCC1. The molecule has 0 aromatic carbocycles. The van der Waals surface area contributed by atoms with E-state index in [9.17, 15) is 4.79 Å². The second-order valence-corrected chi connectivity index (χ2v) is 7.85. The third-order valence-corrected chi connectivity index (χ3v) is 5.94. The van der Waals surface area contributed by atoms with Crippen molar-refractivity contribution in [1.29, 1.82) is 0 Å². The van der Waals surface area contributed by atoms with Gasteiger partial charge in [-0.15, -0.1) is 11.3 Å². The number of hydrogen-bond donors (Lipinski definition) is 0. The van der Waals surface area contributed by atoms with Crippen molar-refractivity contribution in [3.8, 4) is 10.6 Å². The largest absolute Gasteiger partial charge is 0.338 e. The van der Waals surface area contributed by atoms with Crippen molar-refractivity contribution in [2.45, 2.75) is 39.7 Å². The first-order valence-electron chi connectivity index (χ1n) is 8.79. The molecule has 6 heteroatoms. The number of aromatic nitrogens is 3. The van der Waals surface area contributed by atoms with Crippen LogP contribution in [0.2, 0.25) is 0 Å². The second kappa shape index (κ2) is 6.26. The third-order valence-electron chi connectivity index (χ3n) is 4.76. The Labute approximate surface area is 151 Å². The zero-order chi connectivity index (χ0) is 17.6. The molecule has 1 saturated heterocycles. The molecule has 1 amide bonds. The first kappa shape index (κ1) is 16.3. The molecule has 0 radical (unpaired) electrons. The summed E-state index contributed by atoms with van der Waals surface area (Å²) in [5, 5.41) is 1.99. The second-order valence-electron chi connectivity index (χ2n) is 6.85. The Hall–Kier alpha value is -2.21. The van der Waals surface area contributed by atoms with Gasteiger partial charge in [-0.2, -0.15) is 0 Å². The van der Waals surface area contributed by atoms with Crippen LogP contribution >= 0.6 is 11.3 Å². The first-order valence-corrected chi connectivity index (χ1v) is 9.60. The molecular weight excluding hydrogens is 332 g/mol. The van der Waals surface area contributed by atoms with Crippen LogP contribution in [0.4, 0.5) is 0 Å². The van der Waals surface area contributed by atoms with Gasteiger partial charge in [0.15, 0.2) is 0 Å². The maximum Gasteiger partial charge on any atom is 0.265 e. The number of aryl methyl sites for hydroxylation is 1. The zero-order valence-corrected chi connectivity index (χ0v) is 15.6. The minimum absolute atomic E-state index is 0.129. The van der Waals surface area contributed by atoms with E-state index in [-0.39, 0.29) is 5.91 Å². The average Bonchev–Trinajstić information content (AvgIpc) is 3.32. The molecule has 0 N–H and O–H groups in total. The van der Waals surface area contributed by atoms with Gasteiger partial charge in [0.25, 0.3) is 5.91 Å². The molecule has 25 heavy (non-hydrogen) atoms. The molecule has 4 heterocycles. The van der Waals surface area contributed by atoms with Gasteiger partial charge >= 0.3 is 0 Å². The molecule has 0 unspecified atom stereocenters. The normalized spacial score (nSPS) is 14.8. The third kappa shape index (κ3) is 2.74. The van der Waals surface area contributed by atoms with Gasteiger partial charge in [-0.1, -0.05) is 0 Å². The van der Waals surface area contributed by atoms with Gasteiger partial charge in [0.1, 0.15) is 15.5 Å². The topological polar surface area (TPSA) is 51.0 Å². The Bertz CT molecular complexity index is 934. The fourth-order valence-electron chi connectivity index (χ4n) is 3.42. The summed E-state index contributed by atoms with van der Waals surface area (Å²) in [4.78, 5) is 24.8. The van der Waals surface area contributed by atoms with Crippen molar-refractivity contribution in [1.82, 2.24) is 19.4 Å². The summed E-state index contributed by atoms with van der Waals surface area (Å²) < 4.78 is 2.17. The highest BCUT2D eigenvalue weighted by Gasteiger charge is 2.25. The predicted octanol–water partition coefficient (Wildman–Crippen LogP) is 4.29. The Kier molecular flexibility index (Phi) is 4.07. The highest BCUT2D eigenvalue weighted by atomic mass is 32.1. The van der Waals surface area contributed by atoms with Gasteiger partial charge in [0.2, 0.25) is 0 Å². The molecule has 1 aliphatic heterocycles. The van der Waals surface area contributed by atoms with Crippen LogP contribution in [0.3, 0.4) is 0 Å². The molecular formula is C19H22N4OS. The van der Waals surface area contributed by atoms with Crippen LogP contribution in [-0.4, -0.2) is 38.4 Å². The summed E-state index contributed by atoms with van der Waals surface area (Å²) in [7, 11) is 0. The van der Waals surface area contributed by atoms with Crippen molar-refractivity contribution in [3.05, 3.63) is 35.1 Å². The Morgan fingerprint density at radius 1 is 1.28 bits per heavy atom. The van der Waals surface area contributed by atoms with E-state index < -0.39 is 0 Å². The molecule has 0 saturated carbocycles. The first-order chi connectivity index (χ1) is 12.1. The van der Waals surface area contributed by atoms with Crippen LogP contribution in [-0.2, 0) is 0 Å². The molecule has 0 bridgehead atoms. The molecule has 1 fully saturated rings. The average molecular weight is 354 g/mol. The van der Waals surface area contributed by atoms with E-state index in [2.05, 4.69) is 35.7 Å². The van der Waals surface area contributed by atoms with Crippen molar-refractivity contribution >= 4 is 28.3 Å². The number of thiazole rings is 1. The highest BCUT2D eigenvalue weighted by molar-refractivity contribution is 7.17. The maximum absolute atomic E-state index is 12.8. The highest BCUT2D eigenvalue weighted by Crippen LogP contribution is 2.35. The summed E-state index contributed by atoms with van der Waals surface area (Å²) >= 11 is 1.50. The van der Waals surface area contributed by atoms with Crippen LogP contribution in [0.5, 0.6) is 0 Å². The van der Waals surface area contributed by atoms with Crippen molar-refractivity contribution in [3.63, 3.8) is 0 Å². The van der Waals surface area contributed by atoms with Crippen molar-refractivity contribution < 1.29 is 4.79 Å². The standard InChI is InChI=1S/C19H22N4OS/c1-12(2)23-11-15(14-7-6-8-20-17(14)23)18-21-13(3)16(25-18)19(24)22-9-4-5-10-22/h6-8,11-12H,4-5,9-10H2,1-3H3. The van der Waals surface area contributed by atoms with E-state index >= 15 is 0 Å². The smallest absolute Gasteiger partial charge is 0.265 e. The molecule has 0 spiro atoms. The number of pyridine rings is 1. The van der Waals surface area contributed by atoms with E-state index in [4.69, 9.17) is 4.98 Å². The minimum atomic E-state index is 0.129. The van der Waals surface area contributed by atoms with Crippen LogP contribution in [0, 0.1) is 6.92 Å². The molecule has 0 atom stereocenters. The van der Waals surface area contributed by atoms with Crippen LogP contribution in [0.25, 0.3) is 21.6 Å². The molecule has 0 aliphatic carbocycles. The maximum atomic E-state index is 12.8. The number of fused-ring (bicyclic) bond motifs is 1. The quantitative estimate of drug-likeness (QED) is 0.705. The Morgan fingerprint density at radius 2 is 2.04 bits per heavy atom. The summed E-state index contributed by atoms with van der Waals surface area (Å²) in [6, 6.07) is 4.35. The van der Waals surface area contributed by atoms with Crippen molar-refractivity contribution in [2.24, 2.45) is 0 Å². The number of rotatable bonds is 3. The number of likely N-dealkylation sites (tertiary alicyclic amines) is 1. The number of hydrogen-bond acceptors (Lipinski definition) is 4. The molecule has 1 aliphatic rings. The monoisotopic (exact) mass is 354 g/mol. The number of amides is 1. The lowest BCUT2D eigenvalue weighted by Crippen LogP contribution is -2.27. The van der Waals surface area contributed by atoms with Crippen LogP contribution < -0.4 is 0 Å². The summed E-state index contributed by atoms with van der Waals surface area (Å²) in [6.07, 6.45) is 6.14. The Morgan fingerprint density at radius 3 is 2.76 bits per heavy atom. The van der Waals surface area contributed by atoms with Crippen molar-refractivity contribution in [2.75, 3.05) is 13.1 Å². The van der Waals surface area contributed by atoms with Gasteiger partial charge in [-0.05, 0) is 45.7 Å². The lowest BCUT2D eigenvalue weighted by atomic mass is 10.2. The fraction of sp³-hybridized carbons (Fsp3) is 0.421. The molecule has 3 aromatic heterocycles. The van der Waals surface area contributed by atoms with E-state index in [1.54, 1.807) is 0 Å². The zero-order valence-electron chi connectivity index (χ0n) is 14.8. The lowest BCUT2D eigenvalue weighted by molar-refractivity contribution is 0.0796. The van der Waals surface area contributed by atoms with Gasteiger partial charge in [0.05, 0.1) is 5.69 Å². The van der Waals surface area contributed by atoms with Gasteiger partial charge < -0.3 is 9.47 Å². The summed E-state index contributed by atoms with van der Waals surface area (Å²) in [6.45, 7) is 7.95. The van der Waals surface area contributed by atoms with E-state index in [0.29, 0.717) is 6.04 Å². The molecule has 3 aromatic rings. The number of nitrogens with zero attached hydrogens (tertiary/aromatic N) is 4. The fourth-order valence-corrected chi connectivity index (χ4v) is 4.48. The number of carbonyl (C=O) groups is 1. The van der Waals surface area contributed by atoms with E-state index in [0.717, 1.165) is 58.1 Å². The number of carbonyl (C=O) groups excluding carboxylic acids is 1. The molecule has 5 nitrogen and oxygen atoms in total. The Balaban J connectivity index is 1.80. The van der Waals surface area contributed by atoms with Gasteiger partial charge in [-0.25, -0.2) is 9.97 Å². The summed E-state index contributed by atoms with van der Waals surface area (Å²) in [5.74, 6) is 0.129. The van der Waals surface area contributed by atoms with Crippen LogP contribution in [0.1, 0.15) is 48.1 Å². The van der Waals surface area contributed by atoms with Crippen LogP contribution in [0.15, 0.2) is 24.5 Å². The van der Waals surface area contributed by atoms with Gasteiger partial charge in [-0.3, -0.25) is 4.79 Å². The van der Waals surface area contributed by atoms with Gasteiger partial charge in [0, 0.05) is 42.5 Å². The molecule has 130 valence electrons. The lowest BCUT2D eigenvalue weighted by Gasteiger charge is -2.13. The predicted molar refractivity (Wildman–Crippen MR) is 101 cm³/mol.